The van der Waals surface area contributed by atoms with Gasteiger partial charge in [0.25, 0.3) is 0 Å². The molecule has 0 aromatic heterocycles. The zero-order valence-corrected chi connectivity index (χ0v) is 7.73. The molecule has 0 amide bonds. The van der Waals surface area contributed by atoms with Crippen LogP contribution in [0.25, 0.3) is 0 Å². The maximum Gasteiger partial charge on any atom is 0.224 e. The first-order valence-electron chi connectivity index (χ1n) is 4.41. The molecule has 1 aliphatic carbocycles. The van der Waals surface area contributed by atoms with E-state index in [4.69, 9.17) is 11.6 Å². The molecule has 2 heteroatoms. The molecule has 1 nitrogen and oxygen atoms in total. The minimum atomic E-state index is -0.156. The number of hydrogen-bond acceptors (Lipinski definition) is 1. The fraction of sp³-hybridized carbons (Fsp3) is 0.889. The topological polar surface area (TPSA) is 17.1 Å². The Bertz CT molecular complexity index is 138. The summed E-state index contributed by atoms with van der Waals surface area (Å²) in [6.07, 6.45) is 6.28. The molecule has 11 heavy (non-hydrogen) atoms. The summed E-state index contributed by atoms with van der Waals surface area (Å²) >= 11 is 5.42. The number of rotatable bonds is 2. The van der Waals surface area contributed by atoms with Crippen molar-refractivity contribution < 1.29 is 4.79 Å². The van der Waals surface area contributed by atoms with Crippen molar-refractivity contribution >= 4 is 16.8 Å². The quantitative estimate of drug-likeness (QED) is 0.589. The minimum Gasteiger partial charge on any atom is -0.281 e. The third-order valence-corrected chi connectivity index (χ3v) is 3.06. The van der Waals surface area contributed by atoms with E-state index >= 15 is 0 Å². The molecule has 1 fully saturated rings. The summed E-state index contributed by atoms with van der Waals surface area (Å²) in [5.41, 5.74) is 0. The van der Waals surface area contributed by atoms with E-state index in [-0.39, 0.29) is 11.2 Å². The van der Waals surface area contributed by atoms with Gasteiger partial charge in [0.15, 0.2) is 0 Å². The van der Waals surface area contributed by atoms with Crippen LogP contribution in [-0.2, 0) is 4.79 Å². The van der Waals surface area contributed by atoms with Gasteiger partial charge in [-0.25, -0.2) is 0 Å². The van der Waals surface area contributed by atoms with Gasteiger partial charge in [-0.1, -0.05) is 26.2 Å². The highest BCUT2D eigenvalue weighted by molar-refractivity contribution is 6.63. The van der Waals surface area contributed by atoms with Crippen LogP contribution in [0.3, 0.4) is 0 Å². The number of halogens is 1. The van der Waals surface area contributed by atoms with Gasteiger partial charge in [0.1, 0.15) is 0 Å². The zero-order valence-electron chi connectivity index (χ0n) is 6.98. The molecule has 1 rings (SSSR count). The molecule has 0 aliphatic heterocycles. The van der Waals surface area contributed by atoms with Gasteiger partial charge in [-0.2, -0.15) is 0 Å². The Morgan fingerprint density at radius 3 is 2.36 bits per heavy atom. The summed E-state index contributed by atoms with van der Waals surface area (Å²) in [5, 5.41) is -0.156. The Hall–Kier alpha value is -0.0400. The molecular weight excluding hydrogens is 160 g/mol. The van der Waals surface area contributed by atoms with Crippen molar-refractivity contribution in [1.29, 1.82) is 0 Å². The van der Waals surface area contributed by atoms with Crippen LogP contribution in [0, 0.1) is 11.8 Å². The van der Waals surface area contributed by atoms with Gasteiger partial charge < -0.3 is 0 Å². The minimum absolute atomic E-state index is 0.0805. The van der Waals surface area contributed by atoms with E-state index in [2.05, 4.69) is 0 Å². The predicted octanol–water partition coefficient (Wildman–Crippen LogP) is 2.97. The van der Waals surface area contributed by atoms with Crippen molar-refractivity contribution in [2.45, 2.75) is 39.0 Å². The fourth-order valence-electron chi connectivity index (χ4n) is 1.82. The molecule has 0 spiro atoms. The summed E-state index contributed by atoms with van der Waals surface area (Å²) in [6.45, 7) is 1.95. The van der Waals surface area contributed by atoms with Crippen molar-refractivity contribution in [3.63, 3.8) is 0 Å². The molecule has 0 unspecified atom stereocenters. The number of hydrogen-bond donors (Lipinski definition) is 0. The summed E-state index contributed by atoms with van der Waals surface area (Å²) in [6, 6.07) is 0. The summed E-state index contributed by atoms with van der Waals surface area (Å²) in [5.74, 6) is 0.644. The Morgan fingerprint density at radius 1 is 1.36 bits per heavy atom. The Labute approximate surface area is 73.1 Å². The van der Waals surface area contributed by atoms with Crippen LogP contribution in [0.2, 0.25) is 0 Å². The second-order valence-corrected chi connectivity index (χ2v) is 3.86. The molecule has 0 heterocycles. The summed E-state index contributed by atoms with van der Waals surface area (Å²) in [7, 11) is 0. The first kappa shape index (κ1) is 9.05. The van der Waals surface area contributed by atoms with Crippen LogP contribution >= 0.6 is 11.6 Å². The third kappa shape index (κ3) is 2.48. The van der Waals surface area contributed by atoms with Crippen molar-refractivity contribution in [2.24, 2.45) is 11.8 Å². The Balaban J connectivity index is 2.38. The van der Waals surface area contributed by atoms with E-state index < -0.39 is 0 Å². The molecule has 0 bridgehead atoms. The zero-order chi connectivity index (χ0) is 8.27. The van der Waals surface area contributed by atoms with Crippen LogP contribution in [-0.4, -0.2) is 5.24 Å². The Morgan fingerprint density at radius 2 is 1.91 bits per heavy atom. The van der Waals surface area contributed by atoms with Crippen LogP contribution in [0.5, 0.6) is 0 Å². The van der Waals surface area contributed by atoms with E-state index in [9.17, 15) is 4.79 Å². The van der Waals surface area contributed by atoms with Gasteiger partial charge in [-0.15, -0.1) is 0 Å². The highest BCUT2D eigenvalue weighted by atomic mass is 35.5. The van der Waals surface area contributed by atoms with Gasteiger partial charge in [-0.3, -0.25) is 4.79 Å². The Kier molecular flexibility index (Phi) is 3.38. The smallest absolute Gasteiger partial charge is 0.224 e. The van der Waals surface area contributed by atoms with Gasteiger partial charge in [0, 0.05) is 5.92 Å². The lowest BCUT2D eigenvalue weighted by Gasteiger charge is -2.24. The maximum atomic E-state index is 10.8. The largest absolute Gasteiger partial charge is 0.281 e. The highest BCUT2D eigenvalue weighted by Crippen LogP contribution is 2.30. The number of carbonyl (C=O) groups excluding carboxylic acids is 1. The molecule has 64 valence electrons. The third-order valence-electron chi connectivity index (χ3n) is 2.71. The second-order valence-electron chi connectivity index (χ2n) is 3.49. The van der Waals surface area contributed by atoms with Crippen LogP contribution < -0.4 is 0 Å². The molecule has 0 N–H and O–H groups in total. The van der Waals surface area contributed by atoms with Crippen molar-refractivity contribution in [1.82, 2.24) is 0 Å². The molecular formula is C9H15ClO. The van der Waals surface area contributed by atoms with Gasteiger partial charge >= 0.3 is 0 Å². The molecule has 0 saturated heterocycles. The lowest BCUT2D eigenvalue weighted by atomic mass is 9.81. The van der Waals surface area contributed by atoms with Gasteiger partial charge in [-0.05, 0) is 30.4 Å². The molecule has 0 aromatic rings. The SMILES string of the molecule is C[C@H](C(=O)Cl)C1CCCCC1. The van der Waals surface area contributed by atoms with E-state index in [1.807, 2.05) is 6.92 Å². The van der Waals surface area contributed by atoms with Crippen molar-refractivity contribution in [3.05, 3.63) is 0 Å². The average Bonchev–Trinajstić information content (AvgIpc) is 2.05. The monoisotopic (exact) mass is 174 g/mol. The molecule has 1 aliphatic rings. The average molecular weight is 175 g/mol. The second kappa shape index (κ2) is 4.10. The highest BCUT2D eigenvalue weighted by Gasteiger charge is 2.23. The lowest BCUT2D eigenvalue weighted by molar-refractivity contribution is -0.116. The van der Waals surface area contributed by atoms with Gasteiger partial charge in [0.05, 0.1) is 0 Å². The number of carbonyl (C=O) groups is 1. The van der Waals surface area contributed by atoms with E-state index in [1.54, 1.807) is 0 Å². The molecule has 0 radical (unpaired) electrons. The lowest BCUT2D eigenvalue weighted by Crippen LogP contribution is -2.19. The van der Waals surface area contributed by atoms with Gasteiger partial charge in [0.2, 0.25) is 5.24 Å². The van der Waals surface area contributed by atoms with Crippen molar-refractivity contribution in [3.8, 4) is 0 Å². The van der Waals surface area contributed by atoms with Crippen LogP contribution in [0.4, 0.5) is 0 Å². The molecule has 0 aromatic carbocycles. The van der Waals surface area contributed by atoms with Crippen LogP contribution in [0.1, 0.15) is 39.0 Å². The standard InChI is InChI=1S/C9H15ClO/c1-7(9(10)11)8-5-3-2-4-6-8/h7-8H,2-6H2,1H3/t7-/m0/s1. The summed E-state index contributed by atoms with van der Waals surface area (Å²) in [4.78, 5) is 10.8. The predicted molar refractivity (Wildman–Crippen MR) is 46.6 cm³/mol. The molecule has 1 saturated carbocycles. The van der Waals surface area contributed by atoms with E-state index in [0.717, 1.165) is 0 Å². The van der Waals surface area contributed by atoms with E-state index in [0.29, 0.717) is 5.92 Å². The fourth-order valence-corrected chi connectivity index (χ4v) is 2.00. The first-order valence-corrected chi connectivity index (χ1v) is 4.79. The molecule has 1 atom stereocenters. The normalized spacial score (nSPS) is 23.1. The van der Waals surface area contributed by atoms with Crippen molar-refractivity contribution in [2.75, 3.05) is 0 Å². The maximum absolute atomic E-state index is 10.8. The summed E-state index contributed by atoms with van der Waals surface area (Å²) < 4.78 is 0. The van der Waals surface area contributed by atoms with E-state index in [1.165, 1.54) is 32.1 Å². The first-order chi connectivity index (χ1) is 5.22. The van der Waals surface area contributed by atoms with Crippen LogP contribution in [0.15, 0.2) is 0 Å².